The lowest BCUT2D eigenvalue weighted by atomic mass is 10.1. The van der Waals surface area contributed by atoms with Crippen molar-refractivity contribution in [3.05, 3.63) is 55.0 Å². The van der Waals surface area contributed by atoms with E-state index >= 15 is 0 Å². The molecular weight excluding hydrogens is 120 g/mol. The lowest BCUT2D eigenvalue weighted by molar-refractivity contribution is 1.27. The van der Waals surface area contributed by atoms with Gasteiger partial charge in [0.05, 0.1) is 0 Å². The van der Waals surface area contributed by atoms with Crippen molar-refractivity contribution in [1.29, 1.82) is 0 Å². The first-order valence-corrected chi connectivity index (χ1v) is 3.41. The molecule has 1 rings (SSSR count). The highest BCUT2D eigenvalue weighted by atomic mass is 13.9. The predicted octanol–water partition coefficient (Wildman–Crippen LogP) is 2.62. The van der Waals surface area contributed by atoms with Crippen molar-refractivity contribution in [1.82, 2.24) is 0 Å². The van der Waals surface area contributed by atoms with Gasteiger partial charge in [0, 0.05) is 0 Å². The largest absolute Gasteiger partial charge is 0.0879 e. The van der Waals surface area contributed by atoms with E-state index in [1.165, 1.54) is 5.56 Å². The lowest BCUT2D eigenvalue weighted by Gasteiger charge is -1.92. The highest BCUT2D eigenvalue weighted by Gasteiger charge is 1.83. The zero-order valence-electron chi connectivity index (χ0n) is 5.96. The second-order valence-corrected chi connectivity index (χ2v) is 2.16. The first-order chi connectivity index (χ1) is 4.93. The van der Waals surface area contributed by atoms with Gasteiger partial charge in [-0.3, -0.25) is 0 Å². The van der Waals surface area contributed by atoms with Crippen LogP contribution in [-0.2, 0) is 6.42 Å². The minimum atomic E-state index is 0.990. The van der Waals surface area contributed by atoms with Crippen LogP contribution in [-0.4, -0.2) is 0 Å². The van der Waals surface area contributed by atoms with Gasteiger partial charge in [-0.05, 0) is 18.9 Å². The Hall–Kier alpha value is -1.04. The Labute approximate surface area is 62.2 Å². The molecule has 0 atom stereocenters. The van der Waals surface area contributed by atoms with Crippen LogP contribution >= 0.6 is 0 Å². The molecule has 0 N–H and O–H groups in total. The smallest absolute Gasteiger partial charge is 0.00975 e. The topological polar surface area (TPSA) is 0 Å². The maximum Gasteiger partial charge on any atom is -0.00975 e. The third-order valence-electron chi connectivity index (χ3n) is 1.36. The van der Waals surface area contributed by atoms with Crippen LogP contribution in [0.2, 0.25) is 0 Å². The summed E-state index contributed by atoms with van der Waals surface area (Å²) in [5.41, 5.74) is 1.34. The molecule has 0 nitrogen and oxygen atoms in total. The van der Waals surface area contributed by atoms with Gasteiger partial charge in [-0.2, -0.15) is 0 Å². The summed E-state index contributed by atoms with van der Waals surface area (Å²) in [7, 11) is 0. The fourth-order valence-electron chi connectivity index (χ4n) is 0.834. The van der Waals surface area contributed by atoms with Crippen LogP contribution in [0.5, 0.6) is 0 Å². The van der Waals surface area contributed by atoms with Crippen LogP contribution in [0.15, 0.2) is 42.5 Å². The molecular formula is C10H11. The van der Waals surface area contributed by atoms with Crippen LogP contribution < -0.4 is 0 Å². The van der Waals surface area contributed by atoms with Crippen LogP contribution in [0, 0.1) is 6.92 Å². The summed E-state index contributed by atoms with van der Waals surface area (Å²) in [4.78, 5) is 0. The lowest BCUT2D eigenvalue weighted by Crippen LogP contribution is -1.76. The first-order valence-electron chi connectivity index (χ1n) is 3.41. The van der Waals surface area contributed by atoms with E-state index in [4.69, 9.17) is 0 Å². The number of benzene rings is 1. The molecule has 1 radical (unpaired) electrons. The van der Waals surface area contributed by atoms with E-state index in [2.05, 4.69) is 25.1 Å². The molecule has 0 heterocycles. The van der Waals surface area contributed by atoms with Gasteiger partial charge in [0.25, 0.3) is 0 Å². The quantitative estimate of drug-likeness (QED) is 0.578. The standard InChI is InChI=1S/C10H11/c1-2-3-7-10-8-5-4-6-9-10/h2-6,8-9H,1,7H2/b3-2+. The van der Waals surface area contributed by atoms with Gasteiger partial charge < -0.3 is 0 Å². The summed E-state index contributed by atoms with van der Waals surface area (Å²) in [6.07, 6.45) is 4.87. The molecule has 0 spiro atoms. The van der Waals surface area contributed by atoms with E-state index in [-0.39, 0.29) is 0 Å². The molecule has 0 saturated carbocycles. The third-order valence-corrected chi connectivity index (χ3v) is 1.36. The Morgan fingerprint density at radius 2 is 1.90 bits per heavy atom. The van der Waals surface area contributed by atoms with E-state index in [0.29, 0.717) is 0 Å². The number of hydrogen-bond acceptors (Lipinski definition) is 0. The van der Waals surface area contributed by atoms with Gasteiger partial charge in [0.15, 0.2) is 0 Å². The van der Waals surface area contributed by atoms with Crippen molar-refractivity contribution in [3.8, 4) is 0 Å². The van der Waals surface area contributed by atoms with E-state index in [1.807, 2.05) is 24.3 Å². The minimum Gasteiger partial charge on any atom is -0.0879 e. The summed E-state index contributed by atoms with van der Waals surface area (Å²) < 4.78 is 0. The van der Waals surface area contributed by atoms with E-state index in [0.717, 1.165) is 6.42 Å². The average Bonchev–Trinajstić information content (AvgIpc) is 2.03. The minimum absolute atomic E-state index is 0.990. The summed E-state index contributed by atoms with van der Waals surface area (Å²) >= 11 is 0. The molecule has 0 fully saturated rings. The molecule has 0 aromatic heterocycles. The molecule has 0 amide bonds. The van der Waals surface area contributed by atoms with E-state index in [9.17, 15) is 0 Å². The van der Waals surface area contributed by atoms with Crippen molar-refractivity contribution in [2.75, 3.05) is 0 Å². The van der Waals surface area contributed by atoms with Gasteiger partial charge in [0.2, 0.25) is 0 Å². The summed E-state index contributed by atoms with van der Waals surface area (Å²) in [5.74, 6) is 0. The molecule has 0 aliphatic rings. The summed E-state index contributed by atoms with van der Waals surface area (Å²) in [6, 6.07) is 10.3. The van der Waals surface area contributed by atoms with Crippen LogP contribution in [0.25, 0.3) is 0 Å². The van der Waals surface area contributed by atoms with E-state index < -0.39 is 0 Å². The number of rotatable bonds is 2. The number of allylic oxidation sites excluding steroid dienone is 2. The van der Waals surface area contributed by atoms with Crippen molar-refractivity contribution >= 4 is 0 Å². The SMILES string of the molecule is [CH2]/C=C/Cc1ccccc1. The maximum absolute atomic E-state index is 3.62. The Balaban J connectivity index is 2.59. The van der Waals surface area contributed by atoms with Crippen molar-refractivity contribution in [2.24, 2.45) is 0 Å². The van der Waals surface area contributed by atoms with Gasteiger partial charge in [-0.25, -0.2) is 0 Å². The fourth-order valence-corrected chi connectivity index (χ4v) is 0.834. The van der Waals surface area contributed by atoms with Crippen molar-refractivity contribution < 1.29 is 0 Å². The molecule has 0 aliphatic carbocycles. The van der Waals surface area contributed by atoms with Gasteiger partial charge in [-0.1, -0.05) is 42.5 Å². The molecule has 0 unspecified atom stereocenters. The molecule has 1 aromatic carbocycles. The maximum atomic E-state index is 3.62. The monoisotopic (exact) mass is 131 g/mol. The highest BCUT2D eigenvalue weighted by Crippen LogP contribution is 1.99. The molecule has 0 aliphatic heterocycles. The highest BCUT2D eigenvalue weighted by molar-refractivity contribution is 5.17. The molecule has 0 saturated heterocycles. The first kappa shape index (κ1) is 7.07. The van der Waals surface area contributed by atoms with Crippen molar-refractivity contribution in [2.45, 2.75) is 6.42 Å². The third kappa shape index (κ3) is 2.06. The Morgan fingerprint density at radius 1 is 1.20 bits per heavy atom. The van der Waals surface area contributed by atoms with E-state index in [1.54, 1.807) is 0 Å². The molecule has 0 heteroatoms. The second-order valence-electron chi connectivity index (χ2n) is 2.16. The zero-order chi connectivity index (χ0) is 7.23. The summed E-state index contributed by atoms with van der Waals surface area (Å²) in [5, 5.41) is 0. The van der Waals surface area contributed by atoms with Crippen LogP contribution in [0.3, 0.4) is 0 Å². The Kier molecular flexibility index (Phi) is 2.75. The van der Waals surface area contributed by atoms with Gasteiger partial charge >= 0.3 is 0 Å². The van der Waals surface area contributed by atoms with Crippen LogP contribution in [0.4, 0.5) is 0 Å². The van der Waals surface area contributed by atoms with Crippen molar-refractivity contribution in [3.63, 3.8) is 0 Å². The molecule has 1 aromatic rings. The Morgan fingerprint density at radius 3 is 2.50 bits per heavy atom. The average molecular weight is 131 g/mol. The van der Waals surface area contributed by atoms with Crippen LogP contribution in [0.1, 0.15) is 5.56 Å². The van der Waals surface area contributed by atoms with Gasteiger partial charge in [0.1, 0.15) is 0 Å². The summed E-state index contributed by atoms with van der Waals surface area (Å²) in [6.45, 7) is 3.62. The predicted molar refractivity (Wildman–Crippen MR) is 44.6 cm³/mol. The van der Waals surface area contributed by atoms with Gasteiger partial charge in [-0.15, -0.1) is 0 Å². The molecule has 0 bridgehead atoms. The second kappa shape index (κ2) is 3.89. The molecule has 51 valence electrons. The fraction of sp³-hybridized carbons (Fsp3) is 0.100. The Bertz CT molecular complexity index is 197. The zero-order valence-corrected chi connectivity index (χ0v) is 5.96. The number of hydrogen-bond donors (Lipinski definition) is 0. The normalized spacial score (nSPS) is 10.5. The molecule has 10 heavy (non-hydrogen) atoms.